The molecule has 2 nitrogen and oxygen atoms in total. The fourth-order valence-electron chi connectivity index (χ4n) is 1.89. The summed E-state index contributed by atoms with van der Waals surface area (Å²) in [5.74, 6) is 0.451. The monoisotopic (exact) mass is 309 g/mol. The van der Waals surface area contributed by atoms with Crippen LogP contribution in [-0.4, -0.2) is 5.11 Å². The second kappa shape index (κ2) is 6.38. The zero-order valence-electron chi connectivity index (χ0n) is 11.5. The Morgan fingerprint density at radius 2 is 1.60 bits per heavy atom. The molecule has 4 heteroatoms. The molecule has 0 saturated carbocycles. The van der Waals surface area contributed by atoms with E-state index in [1.165, 1.54) is 11.1 Å². The first-order valence-corrected chi connectivity index (χ1v) is 7.23. The average molecular weight is 310 g/mol. The summed E-state index contributed by atoms with van der Waals surface area (Å²) >= 11 is 11.8. The average Bonchev–Trinajstić information content (AvgIpc) is 2.42. The summed E-state index contributed by atoms with van der Waals surface area (Å²) in [7, 11) is 0. The maximum Gasteiger partial charge on any atom is 0.152 e. The summed E-state index contributed by atoms with van der Waals surface area (Å²) in [6, 6.07) is 11.8. The van der Waals surface area contributed by atoms with E-state index in [0.29, 0.717) is 12.5 Å². The lowest BCUT2D eigenvalue weighted by atomic mass is 10.0. The minimum absolute atomic E-state index is 0.0832. The number of benzene rings is 2. The number of phenols is 1. The van der Waals surface area contributed by atoms with Crippen LogP contribution < -0.4 is 5.32 Å². The summed E-state index contributed by atoms with van der Waals surface area (Å²) in [5, 5.41) is 13.2. The topological polar surface area (TPSA) is 32.3 Å². The molecule has 106 valence electrons. The van der Waals surface area contributed by atoms with Crippen LogP contribution in [0.1, 0.15) is 30.9 Å². The first kappa shape index (κ1) is 15.0. The van der Waals surface area contributed by atoms with Crippen molar-refractivity contribution in [3.8, 4) is 5.75 Å². The summed E-state index contributed by atoms with van der Waals surface area (Å²) in [6.07, 6.45) is 0. The van der Waals surface area contributed by atoms with Gasteiger partial charge in [0.2, 0.25) is 0 Å². The fraction of sp³-hybridized carbons (Fsp3) is 0.250. The van der Waals surface area contributed by atoms with E-state index in [1.54, 1.807) is 12.1 Å². The van der Waals surface area contributed by atoms with Gasteiger partial charge in [-0.3, -0.25) is 0 Å². The predicted molar refractivity (Wildman–Crippen MR) is 86.0 cm³/mol. The molecule has 0 spiro atoms. The van der Waals surface area contributed by atoms with Crippen LogP contribution in [0.3, 0.4) is 0 Å². The molecule has 0 heterocycles. The molecule has 0 aliphatic rings. The number of hydrogen-bond acceptors (Lipinski definition) is 2. The first-order valence-electron chi connectivity index (χ1n) is 6.48. The lowest BCUT2D eigenvalue weighted by molar-refractivity contribution is 0.476. The minimum Gasteiger partial charge on any atom is -0.505 e. The number of nitrogens with one attached hydrogen (secondary N) is 1. The van der Waals surface area contributed by atoms with E-state index in [1.807, 2.05) is 0 Å². The molecule has 2 rings (SSSR count). The van der Waals surface area contributed by atoms with Gasteiger partial charge in [0, 0.05) is 12.2 Å². The largest absolute Gasteiger partial charge is 0.505 e. The molecule has 2 aromatic carbocycles. The van der Waals surface area contributed by atoms with Gasteiger partial charge in [0.1, 0.15) is 0 Å². The van der Waals surface area contributed by atoms with Crippen LogP contribution in [0.5, 0.6) is 5.75 Å². The van der Waals surface area contributed by atoms with Crippen molar-refractivity contribution in [3.63, 3.8) is 0 Å². The molecule has 0 bridgehead atoms. The van der Waals surface area contributed by atoms with E-state index >= 15 is 0 Å². The van der Waals surface area contributed by atoms with Crippen molar-refractivity contribution < 1.29 is 5.11 Å². The van der Waals surface area contributed by atoms with Gasteiger partial charge in [-0.15, -0.1) is 0 Å². The Morgan fingerprint density at radius 3 is 2.10 bits per heavy atom. The second-order valence-corrected chi connectivity index (χ2v) is 5.85. The Hall–Kier alpha value is -1.38. The third-order valence-corrected chi connectivity index (χ3v) is 3.74. The molecule has 20 heavy (non-hydrogen) atoms. The lowest BCUT2D eigenvalue weighted by Crippen LogP contribution is -2.00. The van der Waals surface area contributed by atoms with Crippen LogP contribution >= 0.6 is 23.2 Å². The summed E-state index contributed by atoms with van der Waals surface area (Å²) < 4.78 is 0. The Kier molecular flexibility index (Phi) is 4.79. The third kappa shape index (κ3) is 3.59. The van der Waals surface area contributed by atoms with E-state index in [0.717, 1.165) is 5.69 Å². The van der Waals surface area contributed by atoms with Crippen molar-refractivity contribution in [1.82, 2.24) is 0 Å². The van der Waals surface area contributed by atoms with Crippen LogP contribution in [0.2, 0.25) is 10.0 Å². The van der Waals surface area contributed by atoms with Gasteiger partial charge in [0.15, 0.2) is 5.75 Å². The van der Waals surface area contributed by atoms with Crippen LogP contribution in [0.4, 0.5) is 5.69 Å². The fourth-order valence-corrected chi connectivity index (χ4v) is 2.38. The SMILES string of the molecule is CC(C)c1ccc(CNc2cc(Cl)c(O)c(Cl)c2)cc1. The number of hydrogen-bond donors (Lipinski definition) is 2. The van der Waals surface area contributed by atoms with Crippen molar-refractivity contribution in [2.45, 2.75) is 26.3 Å². The van der Waals surface area contributed by atoms with Crippen LogP contribution in [0, 0.1) is 0 Å². The van der Waals surface area contributed by atoms with Crippen molar-refractivity contribution in [2.75, 3.05) is 5.32 Å². The second-order valence-electron chi connectivity index (χ2n) is 5.04. The maximum absolute atomic E-state index is 9.51. The molecular weight excluding hydrogens is 293 g/mol. The van der Waals surface area contributed by atoms with Crippen molar-refractivity contribution in [1.29, 1.82) is 0 Å². The Morgan fingerprint density at radius 1 is 1.05 bits per heavy atom. The van der Waals surface area contributed by atoms with Gasteiger partial charge in [-0.05, 0) is 29.2 Å². The van der Waals surface area contributed by atoms with E-state index < -0.39 is 0 Å². The van der Waals surface area contributed by atoms with Gasteiger partial charge in [-0.1, -0.05) is 61.3 Å². The third-order valence-electron chi connectivity index (χ3n) is 3.16. The van der Waals surface area contributed by atoms with Crippen molar-refractivity contribution in [2.24, 2.45) is 0 Å². The van der Waals surface area contributed by atoms with Gasteiger partial charge in [0.25, 0.3) is 0 Å². The summed E-state index contributed by atoms with van der Waals surface area (Å²) in [5.41, 5.74) is 3.28. The van der Waals surface area contributed by atoms with Crippen molar-refractivity contribution in [3.05, 3.63) is 57.6 Å². The van der Waals surface area contributed by atoms with Crippen molar-refractivity contribution >= 4 is 28.9 Å². The van der Waals surface area contributed by atoms with Gasteiger partial charge < -0.3 is 10.4 Å². The first-order chi connectivity index (χ1) is 9.47. The number of anilines is 1. The molecule has 0 fully saturated rings. The molecule has 0 aliphatic heterocycles. The van der Waals surface area contributed by atoms with Gasteiger partial charge in [-0.2, -0.15) is 0 Å². The summed E-state index contributed by atoms with van der Waals surface area (Å²) in [4.78, 5) is 0. The molecule has 0 atom stereocenters. The highest BCUT2D eigenvalue weighted by Crippen LogP contribution is 2.34. The Labute approximate surface area is 129 Å². The van der Waals surface area contributed by atoms with Crippen LogP contribution in [-0.2, 0) is 6.54 Å². The maximum atomic E-state index is 9.51. The number of rotatable bonds is 4. The molecule has 2 N–H and O–H groups in total. The molecule has 0 radical (unpaired) electrons. The highest BCUT2D eigenvalue weighted by atomic mass is 35.5. The highest BCUT2D eigenvalue weighted by Gasteiger charge is 2.06. The zero-order chi connectivity index (χ0) is 14.7. The Bertz CT molecular complexity index is 571. The minimum atomic E-state index is -0.0832. The molecule has 0 aromatic heterocycles. The molecule has 0 amide bonds. The standard InChI is InChI=1S/C16H17Cl2NO/c1-10(2)12-5-3-11(4-6-12)9-19-13-7-14(17)16(20)15(18)8-13/h3-8,10,19-20H,9H2,1-2H3. The quantitative estimate of drug-likeness (QED) is 0.738. The number of phenolic OH excluding ortho intramolecular Hbond substituents is 1. The smallest absolute Gasteiger partial charge is 0.152 e. The normalized spacial score (nSPS) is 10.8. The van der Waals surface area contributed by atoms with E-state index in [4.69, 9.17) is 23.2 Å². The highest BCUT2D eigenvalue weighted by molar-refractivity contribution is 6.37. The molecule has 2 aromatic rings. The summed E-state index contributed by atoms with van der Waals surface area (Å²) in [6.45, 7) is 5.03. The number of halogens is 2. The lowest BCUT2D eigenvalue weighted by Gasteiger charge is -2.10. The number of aromatic hydroxyl groups is 1. The van der Waals surface area contributed by atoms with Gasteiger partial charge in [-0.25, -0.2) is 0 Å². The van der Waals surface area contributed by atoms with Gasteiger partial charge >= 0.3 is 0 Å². The van der Waals surface area contributed by atoms with E-state index in [9.17, 15) is 5.11 Å². The molecule has 0 saturated heterocycles. The molecular formula is C16H17Cl2NO. The van der Waals surface area contributed by atoms with E-state index in [-0.39, 0.29) is 15.8 Å². The van der Waals surface area contributed by atoms with Gasteiger partial charge in [0.05, 0.1) is 10.0 Å². The van der Waals surface area contributed by atoms with Crippen LogP contribution in [0.15, 0.2) is 36.4 Å². The molecule has 0 aliphatic carbocycles. The molecule has 0 unspecified atom stereocenters. The predicted octanol–water partition coefficient (Wildman–Crippen LogP) is 5.43. The zero-order valence-corrected chi connectivity index (χ0v) is 13.0. The van der Waals surface area contributed by atoms with E-state index in [2.05, 4.69) is 43.4 Å². The van der Waals surface area contributed by atoms with Crippen LogP contribution in [0.25, 0.3) is 0 Å². The Balaban J connectivity index is 2.05.